The second-order valence-corrected chi connectivity index (χ2v) is 7.58. The largest absolute Gasteiger partial charge is 0.381 e. The molecule has 1 aromatic carbocycles. The number of nitrogens with zero attached hydrogens (tertiary/aromatic N) is 4. The number of likely N-dealkylation sites (N-methyl/N-ethyl adjacent to an activating group) is 1. The number of benzene rings is 1. The third-order valence-corrected chi connectivity index (χ3v) is 4.93. The molecule has 0 aromatic heterocycles. The highest BCUT2D eigenvalue weighted by atomic mass is 127. The van der Waals surface area contributed by atoms with Crippen LogP contribution >= 0.6 is 24.0 Å². The number of carbonyl (C=O) groups is 1. The Balaban J connectivity index is 0.00000420. The van der Waals surface area contributed by atoms with E-state index in [9.17, 15) is 4.79 Å². The van der Waals surface area contributed by atoms with Crippen molar-refractivity contribution in [3.63, 3.8) is 0 Å². The van der Waals surface area contributed by atoms with Crippen molar-refractivity contribution < 1.29 is 9.53 Å². The number of hydrogen-bond donors (Lipinski definition) is 1. The van der Waals surface area contributed by atoms with Gasteiger partial charge < -0.3 is 24.8 Å². The number of hydrogen-bond acceptors (Lipinski definition) is 4. The molecule has 164 valence electrons. The standard InChI is InChI=1S/C21H35N5O2.HI/c1-24(2)20(27)15-23-21(26(4)16-18-11-14-28-17-18)22-12-8-13-25(3)19-9-6-5-7-10-19;/h5-7,9-10,18H,8,11-17H2,1-4H3,(H,22,23);1H. The maximum Gasteiger partial charge on any atom is 0.243 e. The molecule has 29 heavy (non-hydrogen) atoms. The van der Waals surface area contributed by atoms with Gasteiger partial charge in [-0.1, -0.05) is 18.2 Å². The molecule has 8 heteroatoms. The fourth-order valence-electron chi connectivity index (χ4n) is 3.12. The van der Waals surface area contributed by atoms with Crippen LogP contribution in [0.4, 0.5) is 5.69 Å². The van der Waals surface area contributed by atoms with Crippen LogP contribution in [0.3, 0.4) is 0 Å². The summed E-state index contributed by atoms with van der Waals surface area (Å²) in [5, 5.41) is 3.43. The van der Waals surface area contributed by atoms with E-state index in [1.165, 1.54) is 5.69 Å². The fraction of sp³-hybridized carbons (Fsp3) is 0.619. The number of rotatable bonds is 9. The molecule has 1 saturated heterocycles. The highest BCUT2D eigenvalue weighted by Gasteiger charge is 2.19. The molecule has 2 rings (SSSR count). The number of guanidine groups is 1. The molecule has 7 nitrogen and oxygen atoms in total. The van der Waals surface area contributed by atoms with E-state index in [2.05, 4.69) is 51.4 Å². The van der Waals surface area contributed by atoms with Crippen LogP contribution in [0, 0.1) is 5.92 Å². The Labute approximate surface area is 192 Å². The molecular weight excluding hydrogens is 481 g/mol. The monoisotopic (exact) mass is 517 g/mol. The van der Waals surface area contributed by atoms with E-state index in [1.54, 1.807) is 19.0 Å². The first kappa shape index (κ1) is 25.5. The number of anilines is 1. The lowest BCUT2D eigenvalue weighted by molar-refractivity contribution is -0.127. The number of para-hydroxylation sites is 1. The lowest BCUT2D eigenvalue weighted by Gasteiger charge is -2.25. The molecule has 1 amide bonds. The number of amides is 1. The van der Waals surface area contributed by atoms with Gasteiger partial charge in [-0.2, -0.15) is 0 Å². The van der Waals surface area contributed by atoms with Crippen LogP contribution in [-0.2, 0) is 9.53 Å². The molecule has 1 heterocycles. The minimum Gasteiger partial charge on any atom is -0.381 e. The van der Waals surface area contributed by atoms with Crippen LogP contribution in [0.15, 0.2) is 35.3 Å². The highest BCUT2D eigenvalue weighted by Crippen LogP contribution is 2.13. The molecule has 1 aliphatic rings. The summed E-state index contributed by atoms with van der Waals surface area (Å²) in [7, 11) is 7.64. The van der Waals surface area contributed by atoms with E-state index >= 15 is 0 Å². The average molecular weight is 517 g/mol. The van der Waals surface area contributed by atoms with E-state index in [1.807, 2.05) is 13.1 Å². The van der Waals surface area contributed by atoms with Crippen LogP contribution in [0.25, 0.3) is 0 Å². The van der Waals surface area contributed by atoms with Gasteiger partial charge >= 0.3 is 0 Å². The highest BCUT2D eigenvalue weighted by molar-refractivity contribution is 14.0. The first-order chi connectivity index (χ1) is 13.5. The molecule has 0 bridgehead atoms. The Morgan fingerprint density at radius 2 is 1.93 bits per heavy atom. The number of aliphatic imine (C=N–C) groups is 1. The van der Waals surface area contributed by atoms with Crippen LogP contribution < -0.4 is 10.2 Å². The van der Waals surface area contributed by atoms with Crippen LogP contribution in [0.2, 0.25) is 0 Å². The summed E-state index contributed by atoms with van der Waals surface area (Å²) in [4.78, 5) is 22.4. The maximum absolute atomic E-state index is 11.9. The third-order valence-electron chi connectivity index (χ3n) is 4.93. The van der Waals surface area contributed by atoms with Crippen molar-refractivity contribution in [3.05, 3.63) is 30.3 Å². The van der Waals surface area contributed by atoms with Gasteiger partial charge in [0.25, 0.3) is 0 Å². The molecule has 1 N–H and O–H groups in total. The van der Waals surface area contributed by atoms with E-state index in [0.717, 1.165) is 51.6 Å². The normalized spacial score (nSPS) is 16.1. The molecule has 0 spiro atoms. The lowest BCUT2D eigenvalue weighted by Crippen LogP contribution is -2.43. The number of carbonyl (C=O) groups excluding carboxylic acids is 1. The summed E-state index contributed by atoms with van der Waals surface area (Å²) < 4.78 is 5.48. The zero-order valence-corrected chi connectivity index (χ0v) is 20.5. The summed E-state index contributed by atoms with van der Waals surface area (Å²) in [5.74, 6) is 1.30. The van der Waals surface area contributed by atoms with Gasteiger partial charge in [0.15, 0.2) is 5.96 Å². The lowest BCUT2D eigenvalue weighted by atomic mass is 10.1. The van der Waals surface area contributed by atoms with E-state index in [4.69, 9.17) is 4.74 Å². The second kappa shape index (κ2) is 13.6. The van der Waals surface area contributed by atoms with Gasteiger partial charge in [0.05, 0.1) is 6.61 Å². The smallest absolute Gasteiger partial charge is 0.243 e. The minimum absolute atomic E-state index is 0. The first-order valence-electron chi connectivity index (χ1n) is 10.0. The Morgan fingerprint density at radius 1 is 1.21 bits per heavy atom. The molecular formula is C21H36IN5O2. The van der Waals surface area contributed by atoms with E-state index in [0.29, 0.717) is 5.92 Å². The van der Waals surface area contributed by atoms with Crippen LogP contribution in [-0.4, -0.2) is 89.3 Å². The molecule has 0 aliphatic carbocycles. The molecule has 1 aromatic rings. The molecule has 0 saturated carbocycles. The Morgan fingerprint density at radius 3 is 2.55 bits per heavy atom. The average Bonchev–Trinajstić information content (AvgIpc) is 3.20. The topological polar surface area (TPSA) is 60.4 Å². The SMILES string of the molecule is CN(C)C(=O)CN=C(NCCCN(C)c1ccccc1)N(C)CC1CCOC1.I. The fourth-order valence-corrected chi connectivity index (χ4v) is 3.12. The predicted octanol–water partition coefficient (Wildman–Crippen LogP) is 2.13. The summed E-state index contributed by atoms with van der Waals surface area (Å²) >= 11 is 0. The zero-order chi connectivity index (χ0) is 20.4. The molecule has 1 aliphatic heterocycles. The van der Waals surface area contributed by atoms with Crippen molar-refractivity contribution in [3.8, 4) is 0 Å². The van der Waals surface area contributed by atoms with E-state index in [-0.39, 0.29) is 36.4 Å². The molecule has 1 fully saturated rings. The van der Waals surface area contributed by atoms with Crippen molar-refractivity contribution in [2.75, 3.05) is 72.5 Å². The summed E-state index contributed by atoms with van der Waals surface area (Å²) in [6.07, 6.45) is 2.06. The van der Waals surface area contributed by atoms with Gasteiger partial charge in [-0.3, -0.25) is 4.79 Å². The molecule has 1 atom stereocenters. The Kier molecular flexibility index (Phi) is 12.0. The Hall–Kier alpha value is -1.55. The van der Waals surface area contributed by atoms with Gasteiger partial charge in [-0.25, -0.2) is 4.99 Å². The summed E-state index contributed by atoms with van der Waals surface area (Å²) in [5.41, 5.74) is 1.21. The van der Waals surface area contributed by atoms with Gasteiger partial charge in [0.1, 0.15) is 6.54 Å². The summed E-state index contributed by atoms with van der Waals surface area (Å²) in [6, 6.07) is 10.4. The predicted molar refractivity (Wildman–Crippen MR) is 130 cm³/mol. The van der Waals surface area contributed by atoms with Crippen molar-refractivity contribution in [2.45, 2.75) is 12.8 Å². The quantitative estimate of drug-likeness (QED) is 0.236. The van der Waals surface area contributed by atoms with Gasteiger partial charge in [0, 0.05) is 66.0 Å². The third kappa shape index (κ3) is 9.20. The minimum atomic E-state index is 0. The number of halogens is 1. The number of nitrogens with one attached hydrogen (secondary N) is 1. The first-order valence-corrected chi connectivity index (χ1v) is 10.0. The second-order valence-electron chi connectivity index (χ2n) is 7.58. The van der Waals surface area contributed by atoms with Gasteiger partial charge in [-0.05, 0) is 25.0 Å². The Bertz CT molecular complexity index is 621. The van der Waals surface area contributed by atoms with Crippen molar-refractivity contribution >= 4 is 41.5 Å². The van der Waals surface area contributed by atoms with Crippen LogP contribution in [0.1, 0.15) is 12.8 Å². The van der Waals surface area contributed by atoms with Crippen LogP contribution in [0.5, 0.6) is 0 Å². The van der Waals surface area contributed by atoms with Crippen molar-refractivity contribution in [1.29, 1.82) is 0 Å². The van der Waals surface area contributed by atoms with Crippen molar-refractivity contribution in [1.82, 2.24) is 15.1 Å². The maximum atomic E-state index is 11.9. The van der Waals surface area contributed by atoms with Gasteiger partial charge in [-0.15, -0.1) is 24.0 Å². The molecule has 1 unspecified atom stereocenters. The van der Waals surface area contributed by atoms with Crippen molar-refractivity contribution in [2.24, 2.45) is 10.9 Å². The molecule has 0 radical (unpaired) electrons. The van der Waals surface area contributed by atoms with E-state index < -0.39 is 0 Å². The van der Waals surface area contributed by atoms with Gasteiger partial charge in [0.2, 0.25) is 5.91 Å². The number of ether oxygens (including phenoxy) is 1. The summed E-state index contributed by atoms with van der Waals surface area (Å²) in [6.45, 7) is 4.43. The zero-order valence-electron chi connectivity index (χ0n) is 18.1.